The third kappa shape index (κ3) is 20.0. The van der Waals surface area contributed by atoms with E-state index >= 15 is 0 Å². The van der Waals surface area contributed by atoms with Crippen molar-refractivity contribution in [2.45, 2.75) is 110 Å². The number of methoxy groups -OCH3 is 1. The molecule has 0 aromatic heterocycles. The second kappa shape index (κ2) is 18.0. The average molecular weight is 299 g/mol. The molecule has 0 saturated heterocycles. The first-order chi connectivity index (χ1) is 10.3. The fourth-order valence-electron chi connectivity index (χ4n) is 2.92. The summed E-state index contributed by atoms with van der Waals surface area (Å²) >= 11 is 0. The first-order valence-corrected chi connectivity index (χ1v) is 9.76. The zero-order chi connectivity index (χ0) is 15.6. The molecule has 0 N–H and O–H groups in total. The molecule has 0 aromatic rings. The Morgan fingerprint density at radius 2 is 0.857 bits per heavy atom. The summed E-state index contributed by atoms with van der Waals surface area (Å²) in [5.74, 6) is 0.893. The van der Waals surface area contributed by atoms with Crippen molar-refractivity contribution in [3.05, 3.63) is 0 Å². The molecule has 21 heavy (non-hydrogen) atoms. The van der Waals surface area contributed by atoms with Crippen molar-refractivity contribution in [2.24, 2.45) is 5.92 Å². The lowest BCUT2D eigenvalue weighted by Gasteiger charge is -2.05. The highest BCUT2D eigenvalue weighted by Crippen LogP contribution is 2.14. The van der Waals surface area contributed by atoms with Crippen LogP contribution < -0.4 is 0 Å². The van der Waals surface area contributed by atoms with Crippen LogP contribution in [0.25, 0.3) is 0 Å². The summed E-state index contributed by atoms with van der Waals surface area (Å²) in [6.07, 6.45) is 21.5. The zero-order valence-electron chi connectivity index (χ0n) is 15.3. The second-order valence-electron chi connectivity index (χ2n) is 7.13. The molecule has 0 fully saturated rings. The first-order valence-electron chi connectivity index (χ1n) is 9.76. The lowest BCUT2D eigenvalue weighted by molar-refractivity contribution is 0.192. The zero-order valence-corrected chi connectivity index (χ0v) is 15.3. The number of hydrogen-bond acceptors (Lipinski definition) is 1. The molecule has 0 aliphatic carbocycles. The van der Waals surface area contributed by atoms with Crippen molar-refractivity contribution in [3.63, 3.8) is 0 Å². The van der Waals surface area contributed by atoms with E-state index < -0.39 is 0 Å². The van der Waals surface area contributed by atoms with Crippen LogP contribution >= 0.6 is 0 Å². The molecule has 0 aromatic carbocycles. The fraction of sp³-hybridized carbons (Fsp3) is 1.00. The standard InChI is InChI=1S/C20H42O/c1-20(2)18-16-14-12-10-8-6-4-5-7-9-11-13-15-17-19-21-3/h20H,4-19H2,1-3H3. The molecule has 0 unspecified atom stereocenters. The quantitative estimate of drug-likeness (QED) is 0.259. The van der Waals surface area contributed by atoms with Crippen molar-refractivity contribution in [3.8, 4) is 0 Å². The van der Waals surface area contributed by atoms with Crippen molar-refractivity contribution < 1.29 is 4.74 Å². The molecular formula is C20H42O. The maximum absolute atomic E-state index is 5.07. The van der Waals surface area contributed by atoms with Gasteiger partial charge in [0.15, 0.2) is 0 Å². The van der Waals surface area contributed by atoms with Crippen molar-refractivity contribution in [2.75, 3.05) is 13.7 Å². The summed E-state index contributed by atoms with van der Waals surface area (Å²) in [5, 5.41) is 0. The number of unbranched alkanes of at least 4 members (excludes halogenated alkanes) is 13. The van der Waals surface area contributed by atoms with Gasteiger partial charge in [0.05, 0.1) is 0 Å². The highest BCUT2D eigenvalue weighted by Gasteiger charge is 1.96. The summed E-state index contributed by atoms with van der Waals surface area (Å²) < 4.78 is 5.07. The summed E-state index contributed by atoms with van der Waals surface area (Å²) in [7, 11) is 1.80. The molecule has 0 atom stereocenters. The molecule has 0 heterocycles. The smallest absolute Gasteiger partial charge is 0.0462 e. The van der Waals surface area contributed by atoms with Gasteiger partial charge in [0.1, 0.15) is 0 Å². The van der Waals surface area contributed by atoms with Gasteiger partial charge in [-0.1, -0.05) is 104 Å². The average Bonchev–Trinajstić information content (AvgIpc) is 2.46. The third-order valence-corrected chi connectivity index (χ3v) is 4.38. The Morgan fingerprint density at radius 1 is 0.524 bits per heavy atom. The molecule has 128 valence electrons. The van der Waals surface area contributed by atoms with Gasteiger partial charge in [-0.3, -0.25) is 0 Å². The summed E-state index contributed by atoms with van der Waals surface area (Å²) in [6.45, 7) is 5.61. The minimum atomic E-state index is 0.893. The van der Waals surface area contributed by atoms with E-state index in [0.717, 1.165) is 12.5 Å². The molecule has 1 heteroatoms. The Hall–Kier alpha value is -0.0400. The Bertz CT molecular complexity index is 177. The summed E-state index contributed by atoms with van der Waals surface area (Å²) in [6, 6.07) is 0. The highest BCUT2D eigenvalue weighted by atomic mass is 16.5. The topological polar surface area (TPSA) is 9.23 Å². The SMILES string of the molecule is COCCCCCCCCCCCCCCCCC(C)C. The Morgan fingerprint density at radius 3 is 1.19 bits per heavy atom. The van der Waals surface area contributed by atoms with Crippen LogP contribution in [0.3, 0.4) is 0 Å². The second-order valence-corrected chi connectivity index (χ2v) is 7.13. The van der Waals surface area contributed by atoms with E-state index in [0.29, 0.717) is 0 Å². The van der Waals surface area contributed by atoms with E-state index in [1.165, 1.54) is 96.3 Å². The summed E-state index contributed by atoms with van der Waals surface area (Å²) in [4.78, 5) is 0. The number of rotatable bonds is 17. The third-order valence-electron chi connectivity index (χ3n) is 4.38. The Labute approximate surface area is 135 Å². The van der Waals surface area contributed by atoms with Crippen LogP contribution in [-0.2, 0) is 4.74 Å². The van der Waals surface area contributed by atoms with Crippen LogP contribution in [0.4, 0.5) is 0 Å². The number of ether oxygens (including phenoxy) is 1. The van der Waals surface area contributed by atoms with Gasteiger partial charge < -0.3 is 4.74 Å². The molecule has 0 aliphatic heterocycles. The molecule has 0 radical (unpaired) electrons. The molecule has 0 spiro atoms. The van der Waals surface area contributed by atoms with Gasteiger partial charge in [-0.15, -0.1) is 0 Å². The van der Waals surface area contributed by atoms with Crippen LogP contribution in [0.1, 0.15) is 110 Å². The minimum absolute atomic E-state index is 0.893. The van der Waals surface area contributed by atoms with Crippen molar-refractivity contribution >= 4 is 0 Å². The van der Waals surface area contributed by atoms with Crippen LogP contribution in [0.15, 0.2) is 0 Å². The monoisotopic (exact) mass is 298 g/mol. The number of hydrogen-bond donors (Lipinski definition) is 0. The largest absolute Gasteiger partial charge is 0.385 e. The fourth-order valence-corrected chi connectivity index (χ4v) is 2.92. The molecule has 0 saturated carbocycles. The van der Waals surface area contributed by atoms with E-state index in [1.807, 2.05) is 0 Å². The van der Waals surface area contributed by atoms with Gasteiger partial charge in [0.25, 0.3) is 0 Å². The first kappa shape index (κ1) is 21.0. The van der Waals surface area contributed by atoms with Gasteiger partial charge in [-0.05, 0) is 12.3 Å². The van der Waals surface area contributed by atoms with E-state index in [-0.39, 0.29) is 0 Å². The minimum Gasteiger partial charge on any atom is -0.385 e. The van der Waals surface area contributed by atoms with Gasteiger partial charge in [-0.25, -0.2) is 0 Å². The maximum atomic E-state index is 5.07. The van der Waals surface area contributed by atoms with Crippen molar-refractivity contribution in [1.82, 2.24) is 0 Å². The molecular weight excluding hydrogens is 256 g/mol. The summed E-state index contributed by atoms with van der Waals surface area (Å²) in [5.41, 5.74) is 0. The van der Waals surface area contributed by atoms with E-state index in [4.69, 9.17) is 4.74 Å². The van der Waals surface area contributed by atoms with Gasteiger partial charge in [0.2, 0.25) is 0 Å². The van der Waals surface area contributed by atoms with E-state index in [1.54, 1.807) is 7.11 Å². The molecule has 0 aliphatic rings. The van der Waals surface area contributed by atoms with Crippen LogP contribution in [0, 0.1) is 5.92 Å². The predicted octanol–water partition coefficient (Wildman–Crippen LogP) is 7.14. The highest BCUT2D eigenvalue weighted by molar-refractivity contribution is 4.51. The van der Waals surface area contributed by atoms with Crippen molar-refractivity contribution in [1.29, 1.82) is 0 Å². The normalized spacial score (nSPS) is 11.4. The molecule has 0 rings (SSSR count). The van der Waals surface area contributed by atoms with Gasteiger partial charge in [-0.2, -0.15) is 0 Å². The molecule has 0 amide bonds. The van der Waals surface area contributed by atoms with Gasteiger partial charge in [0, 0.05) is 13.7 Å². The maximum Gasteiger partial charge on any atom is 0.0462 e. The Balaban J connectivity index is 2.93. The van der Waals surface area contributed by atoms with E-state index in [2.05, 4.69) is 13.8 Å². The van der Waals surface area contributed by atoms with Crippen LogP contribution in [0.2, 0.25) is 0 Å². The molecule has 0 bridgehead atoms. The van der Waals surface area contributed by atoms with Crippen LogP contribution in [0.5, 0.6) is 0 Å². The van der Waals surface area contributed by atoms with Gasteiger partial charge >= 0.3 is 0 Å². The lowest BCUT2D eigenvalue weighted by Crippen LogP contribution is -1.88. The predicted molar refractivity (Wildman–Crippen MR) is 96.0 cm³/mol. The van der Waals surface area contributed by atoms with Crippen LogP contribution in [-0.4, -0.2) is 13.7 Å². The van der Waals surface area contributed by atoms with E-state index in [9.17, 15) is 0 Å². The Kier molecular flexibility index (Phi) is 18.0. The molecule has 1 nitrogen and oxygen atoms in total. The lowest BCUT2D eigenvalue weighted by atomic mass is 10.0.